The summed E-state index contributed by atoms with van der Waals surface area (Å²) in [6, 6.07) is 0. The number of amides is 1. The molecule has 1 saturated heterocycles. The Balaban J connectivity index is 2.15. The maximum Gasteiger partial charge on any atom is 0.222 e. The predicted octanol–water partition coefficient (Wildman–Crippen LogP) is 0.909. The van der Waals surface area contributed by atoms with Gasteiger partial charge in [-0.05, 0) is 19.8 Å². The van der Waals surface area contributed by atoms with Crippen molar-refractivity contribution in [2.45, 2.75) is 24.9 Å². The van der Waals surface area contributed by atoms with Gasteiger partial charge in [-0.15, -0.1) is 0 Å². The first-order valence-electron chi connectivity index (χ1n) is 5.85. The Morgan fingerprint density at radius 3 is 3.17 bits per heavy atom. The molecule has 2 atom stereocenters. The zero-order valence-electron chi connectivity index (χ0n) is 10.1. The molecule has 7 heteroatoms. The Kier molecular flexibility index (Phi) is 3.47. The third-order valence-electron chi connectivity index (χ3n) is 3.13. The van der Waals surface area contributed by atoms with Crippen LogP contribution in [0.4, 0.5) is 4.39 Å². The van der Waals surface area contributed by atoms with Crippen LogP contribution in [-0.4, -0.2) is 35.2 Å². The molecule has 18 heavy (non-hydrogen) atoms. The van der Waals surface area contributed by atoms with Crippen molar-refractivity contribution in [3.63, 3.8) is 0 Å². The number of carbonyl (C=O) groups excluding carboxylic acids is 1. The molecular weight excluding hydrogens is 259 g/mol. The highest BCUT2D eigenvalue weighted by molar-refractivity contribution is 6.24. The average Bonchev–Trinajstić information content (AvgIpc) is 2.32. The fourth-order valence-corrected chi connectivity index (χ4v) is 2.33. The highest BCUT2D eigenvalue weighted by atomic mass is 35.5. The summed E-state index contributed by atoms with van der Waals surface area (Å²) >= 11 is 6.02. The highest BCUT2D eigenvalue weighted by Crippen LogP contribution is 2.26. The van der Waals surface area contributed by atoms with E-state index in [1.54, 1.807) is 11.8 Å². The third-order valence-corrected chi connectivity index (χ3v) is 3.33. The number of carbonyl (C=O) groups is 1. The molecule has 0 aliphatic carbocycles. The van der Waals surface area contributed by atoms with Crippen LogP contribution in [0.1, 0.15) is 19.8 Å². The Hall–Kier alpha value is -1.30. The topological polar surface area (TPSA) is 70.7 Å². The second kappa shape index (κ2) is 4.76. The SMILES string of the molecule is CC1(Cl)N=CC(F)=C(N2CCCC(C(N)=O)C2)N1. The summed E-state index contributed by atoms with van der Waals surface area (Å²) in [4.78, 5) is 16.8. The van der Waals surface area contributed by atoms with E-state index in [1.165, 1.54) is 0 Å². The summed E-state index contributed by atoms with van der Waals surface area (Å²) in [7, 11) is 0. The molecule has 0 spiro atoms. The molecule has 2 aliphatic rings. The minimum atomic E-state index is -1.05. The van der Waals surface area contributed by atoms with Gasteiger partial charge in [0.15, 0.2) is 5.83 Å². The molecular formula is C11H16ClFN4O. The molecule has 2 heterocycles. The first-order valence-corrected chi connectivity index (χ1v) is 6.23. The summed E-state index contributed by atoms with van der Waals surface area (Å²) in [5.74, 6) is -0.785. The third kappa shape index (κ3) is 2.75. The average molecular weight is 275 g/mol. The second-order valence-electron chi connectivity index (χ2n) is 4.72. The summed E-state index contributed by atoms with van der Waals surface area (Å²) in [5.41, 5.74) is 5.30. The number of nitrogens with two attached hydrogens (primary N) is 1. The number of alkyl halides is 1. The zero-order chi connectivity index (χ0) is 13.3. The van der Waals surface area contributed by atoms with Crippen LogP contribution in [0.15, 0.2) is 16.6 Å². The molecule has 2 aliphatic heterocycles. The molecule has 2 rings (SSSR count). The van der Waals surface area contributed by atoms with Gasteiger partial charge in [0.25, 0.3) is 0 Å². The fourth-order valence-electron chi connectivity index (χ4n) is 2.19. The van der Waals surface area contributed by atoms with E-state index in [0.717, 1.165) is 19.1 Å². The van der Waals surface area contributed by atoms with Crippen molar-refractivity contribution < 1.29 is 9.18 Å². The van der Waals surface area contributed by atoms with Gasteiger partial charge < -0.3 is 16.0 Å². The normalized spacial score (nSPS) is 32.4. The van der Waals surface area contributed by atoms with Crippen molar-refractivity contribution in [1.82, 2.24) is 10.2 Å². The Morgan fingerprint density at radius 2 is 2.50 bits per heavy atom. The van der Waals surface area contributed by atoms with Gasteiger partial charge in [-0.25, -0.2) is 9.38 Å². The van der Waals surface area contributed by atoms with Gasteiger partial charge in [0.05, 0.1) is 12.1 Å². The van der Waals surface area contributed by atoms with E-state index in [1.807, 2.05) is 0 Å². The van der Waals surface area contributed by atoms with Crippen LogP contribution in [0.25, 0.3) is 0 Å². The number of likely N-dealkylation sites (tertiary alicyclic amines) is 1. The summed E-state index contributed by atoms with van der Waals surface area (Å²) in [6.07, 6.45) is 2.64. The lowest BCUT2D eigenvalue weighted by Crippen LogP contribution is -2.49. The van der Waals surface area contributed by atoms with E-state index in [0.29, 0.717) is 13.1 Å². The van der Waals surface area contributed by atoms with Crippen LogP contribution in [0.2, 0.25) is 0 Å². The molecule has 0 bridgehead atoms. The Labute approximate surface area is 110 Å². The maximum absolute atomic E-state index is 13.8. The van der Waals surface area contributed by atoms with Gasteiger partial charge in [-0.1, -0.05) is 11.6 Å². The van der Waals surface area contributed by atoms with Crippen molar-refractivity contribution in [3.8, 4) is 0 Å². The number of nitrogens with one attached hydrogen (secondary N) is 1. The zero-order valence-corrected chi connectivity index (χ0v) is 10.9. The molecule has 0 radical (unpaired) electrons. The van der Waals surface area contributed by atoms with Crippen LogP contribution < -0.4 is 11.1 Å². The van der Waals surface area contributed by atoms with Crippen LogP contribution >= 0.6 is 11.6 Å². The quantitative estimate of drug-likeness (QED) is 0.581. The van der Waals surface area contributed by atoms with Crippen molar-refractivity contribution in [2.24, 2.45) is 16.6 Å². The minimum Gasteiger partial charge on any atom is -0.369 e. The van der Waals surface area contributed by atoms with E-state index in [9.17, 15) is 9.18 Å². The van der Waals surface area contributed by atoms with E-state index in [2.05, 4.69) is 10.3 Å². The van der Waals surface area contributed by atoms with Gasteiger partial charge in [-0.2, -0.15) is 0 Å². The van der Waals surface area contributed by atoms with Crippen molar-refractivity contribution in [1.29, 1.82) is 0 Å². The van der Waals surface area contributed by atoms with Gasteiger partial charge in [0, 0.05) is 13.1 Å². The second-order valence-corrected chi connectivity index (χ2v) is 5.46. The first-order chi connectivity index (χ1) is 8.39. The molecule has 5 nitrogen and oxygen atoms in total. The maximum atomic E-state index is 13.8. The van der Waals surface area contributed by atoms with E-state index >= 15 is 0 Å². The van der Waals surface area contributed by atoms with Gasteiger partial charge in [-0.3, -0.25) is 4.79 Å². The molecule has 1 amide bonds. The molecule has 100 valence electrons. The molecule has 0 aromatic heterocycles. The first kappa shape index (κ1) is 13.1. The number of primary amides is 1. The summed E-state index contributed by atoms with van der Waals surface area (Å²) < 4.78 is 13.8. The standard InChI is InChI=1S/C11H16ClFN4O/c1-11(12)15-5-8(13)10(16-11)17-4-2-3-7(6-17)9(14)18/h5,7,16H,2-4,6H2,1H3,(H2,14,18). The highest BCUT2D eigenvalue weighted by Gasteiger charge is 2.32. The van der Waals surface area contributed by atoms with Crippen LogP contribution in [-0.2, 0) is 4.79 Å². The molecule has 3 N–H and O–H groups in total. The van der Waals surface area contributed by atoms with Crippen molar-refractivity contribution in [2.75, 3.05) is 13.1 Å². The number of rotatable bonds is 2. The van der Waals surface area contributed by atoms with E-state index in [4.69, 9.17) is 17.3 Å². The smallest absolute Gasteiger partial charge is 0.222 e. The molecule has 0 saturated carbocycles. The Morgan fingerprint density at radius 1 is 1.78 bits per heavy atom. The lowest BCUT2D eigenvalue weighted by Gasteiger charge is -2.38. The lowest BCUT2D eigenvalue weighted by atomic mass is 9.97. The number of allylic oxidation sites excluding steroid dienone is 1. The number of nitrogens with zero attached hydrogens (tertiary/aromatic N) is 2. The molecule has 0 aromatic rings. The van der Waals surface area contributed by atoms with Crippen LogP contribution in [0.5, 0.6) is 0 Å². The van der Waals surface area contributed by atoms with Gasteiger partial charge in [0.1, 0.15) is 5.82 Å². The summed E-state index contributed by atoms with van der Waals surface area (Å²) in [5, 5.41) is 1.77. The number of hydrogen-bond acceptors (Lipinski definition) is 4. The predicted molar refractivity (Wildman–Crippen MR) is 67.5 cm³/mol. The van der Waals surface area contributed by atoms with Gasteiger partial charge >= 0.3 is 0 Å². The largest absolute Gasteiger partial charge is 0.369 e. The Bertz CT molecular complexity index is 421. The molecule has 1 fully saturated rings. The van der Waals surface area contributed by atoms with Crippen molar-refractivity contribution in [3.05, 3.63) is 11.6 Å². The van der Waals surface area contributed by atoms with Crippen molar-refractivity contribution >= 4 is 23.7 Å². The monoisotopic (exact) mass is 274 g/mol. The lowest BCUT2D eigenvalue weighted by molar-refractivity contribution is -0.123. The fraction of sp³-hybridized carbons (Fsp3) is 0.636. The van der Waals surface area contributed by atoms with E-state index < -0.39 is 10.9 Å². The number of halogens is 2. The molecule has 2 unspecified atom stereocenters. The molecule has 0 aromatic carbocycles. The summed E-state index contributed by atoms with van der Waals surface area (Å²) in [6.45, 7) is 2.71. The van der Waals surface area contributed by atoms with E-state index in [-0.39, 0.29) is 17.6 Å². The minimum absolute atomic E-state index is 0.249. The number of hydrogen-bond donors (Lipinski definition) is 2. The number of piperidine rings is 1. The van der Waals surface area contributed by atoms with Gasteiger partial charge in [0.2, 0.25) is 11.0 Å². The van der Waals surface area contributed by atoms with Crippen LogP contribution in [0.3, 0.4) is 0 Å². The van der Waals surface area contributed by atoms with Crippen LogP contribution in [0, 0.1) is 5.92 Å². The number of aliphatic imine (C=N–C) groups is 1.